The van der Waals surface area contributed by atoms with Crippen LogP contribution in [0.3, 0.4) is 0 Å². The summed E-state index contributed by atoms with van der Waals surface area (Å²) in [6.45, 7) is 6.29. The molecule has 1 aromatic heterocycles. The fourth-order valence-corrected chi connectivity index (χ4v) is 1.84. The molecule has 104 valence electrons. The lowest BCUT2D eigenvalue weighted by molar-refractivity contribution is 0.349. The van der Waals surface area contributed by atoms with Crippen LogP contribution in [0.4, 0.5) is 0 Å². The third-order valence-corrected chi connectivity index (χ3v) is 2.65. The number of aliphatic imine (C=N–C) groups is 1. The molecular formula is C12H18ClN5O. The summed E-state index contributed by atoms with van der Waals surface area (Å²) in [7, 11) is 1.56. The van der Waals surface area contributed by atoms with E-state index in [0.29, 0.717) is 18.1 Å². The van der Waals surface area contributed by atoms with Gasteiger partial charge in [0.1, 0.15) is 0 Å². The number of halogens is 1. The molecule has 0 radical (unpaired) electrons. The lowest BCUT2D eigenvalue weighted by atomic mass is 10.3. The van der Waals surface area contributed by atoms with Gasteiger partial charge in [0, 0.05) is 18.6 Å². The molecule has 0 aromatic carbocycles. The molecular weight excluding hydrogens is 266 g/mol. The quantitative estimate of drug-likeness (QED) is 0.595. The van der Waals surface area contributed by atoms with Crippen LogP contribution in [0.2, 0.25) is 0 Å². The molecule has 2 N–H and O–H groups in total. The third-order valence-electron chi connectivity index (χ3n) is 2.48. The van der Waals surface area contributed by atoms with E-state index in [-0.39, 0.29) is 11.3 Å². The highest BCUT2D eigenvalue weighted by Crippen LogP contribution is 2.14. The van der Waals surface area contributed by atoms with Crippen LogP contribution >= 0.6 is 11.6 Å². The van der Waals surface area contributed by atoms with Gasteiger partial charge in [0.25, 0.3) is 0 Å². The zero-order chi connectivity index (χ0) is 14.3. The fourth-order valence-electron chi connectivity index (χ4n) is 1.69. The molecule has 0 aliphatic heterocycles. The summed E-state index contributed by atoms with van der Waals surface area (Å²) in [6, 6.07) is 0. The second-order valence-corrected chi connectivity index (χ2v) is 4.04. The minimum atomic E-state index is -0.139. The monoisotopic (exact) mass is 283 g/mol. The Morgan fingerprint density at radius 2 is 2.53 bits per heavy atom. The highest BCUT2D eigenvalue weighted by molar-refractivity contribution is 6.68. The normalized spacial score (nSPS) is 13.1. The summed E-state index contributed by atoms with van der Waals surface area (Å²) >= 11 is 5.72. The molecule has 0 saturated carbocycles. The van der Waals surface area contributed by atoms with Gasteiger partial charge in [-0.1, -0.05) is 25.1 Å². The van der Waals surface area contributed by atoms with Gasteiger partial charge in [0.15, 0.2) is 16.9 Å². The molecule has 1 atom stereocenters. The first-order valence-electron chi connectivity index (χ1n) is 5.86. The molecule has 6 nitrogen and oxygen atoms in total. The SMILES string of the molecule is C=CN=C(CC(NCC)n1ccnc1C(=N)Cl)OC. The van der Waals surface area contributed by atoms with Gasteiger partial charge in [0.2, 0.25) is 0 Å². The van der Waals surface area contributed by atoms with E-state index < -0.39 is 0 Å². The second-order valence-electron chi connectivity index (χ2n) is 3.66. The number of imidazole rings is 1. The summed E-state index contributed by atoms with van der Waals surface area (Å²) in [4.78, 5) is 8.11. The van der Waals surface area contributed by atoms with Gasteiger partial charge >= 0.3 is 0 Å². The molecule has 0 bridgehead atoms. The summed E-state index contributed by atoms with van der Waals surface area (Å²) in [5, 5.41) is 10.7. The molecule has 19 heavy (non-hydrogen) atoms. The van der Waals surface area contributed by atoms with Gasteiger partial charge in [-0.05, 0) is 6.54 Å². The Morgan fingerprint density at radius 1 is 1.79 bits per heavy atom. The predicted molar refractivity (Wildman–Crippen MR) is 76.9 cm³/mol. The number of ether oxygens (including phenoxy) is 1. The van der Waals surface area contributed by atoms with Crippen LogP contribution in [0.25, 0.3) is 0 Å². The molecule has 0 spiro atoms. The largest absolute Gasteiger partial charge is 0.484 e. The van der Waals surface area contributed by atoms with Crippen molar-refractivity contribution in [3.8, 4) is 0 Å². The first-order chi connectivity index (χ1) is 9.13. The topological polar surface area (TPSA) is 75.3 Å². The van der Waals surface area contributed by atoms with Crippen molar-refractivity contribution in [3.63, 3.8) is 0 Å². The van der Waals surface area contributed by atoms with Gasteiger partial charge < -0.3 is 9.30 Å². The Morgan fingerprint density at radius 3 is 3.05 bits per heavy atom. The van der Waals surface area contributed by atoms with Gasteiger partial charge in [-0.3, -0.25) is 10.7 Å². The van der Waals surface area contributed by atoms with Crippen molar-refractivity contribution < 1.29 is 4.74 Å². The van der Waals surface area contributed by atoms with E-state index in [1.807, 2.05) is 6.92 Å². The van der Waals surface area contributed by atoms with Gasteiger partial charge in [-0.15, -0.1) is 0 Å². The molecule has 1 aromatic rings. The maximum atomic E-state index is 7.50. The molecule has 0 amide bonds. The minimum absolute atomic E-state index is 0.104. The maximum absolute atomic E-state index is 7.50. The Bertz CT molecular complexity index is 468. The summed E-state index contributed by atoms with van der Waals surface area (Å²) in [6.07, 6.45) is 5.17. The molecule has 0 saturated heterocycles. The van der Waals surface area contributed by atoms with Crippen LogP contribution in [0.5, 0.6) is 0 Å². The first kappa shape index (κ1) is 15.4. The second kappa shape index (κ2) is 7.70. The Balaban J connectivity index is 2.99. The Hall–Kier alpha value is -1.66. The Labute approximate surface area is 117 Å². The smallest absolute Gasteiger partial charge is 0.190 e. The van der Waals surface area contributed by atoms with Crippen molar-refractivity contribution in [2.24, 2.45) is 4.99 Å². The highest BCUT2D eigenvalue weighted by atomic mass is 35.5. The predicted octanol–water partition coefficient (Wildman–Crippen LogP) is 2.13. The third kappa shape index (κ3) is 4.18. The molecule has 0 fully saturated rings. The molecule has 1 heterocycles. The van der Waals surface area contributed by atoms with E-state index in [0.717, 1.165) is 6.54 Å². The van der Waals surface area contributed by atoms with Crippen molar-refractivity contribution >= 4 is 22.7 Å². The zero-order valence-corrected chi connectivity index (χ0v) is 11.8. The average Bonchev–Trinajstić information content (AvgIpc) is 2.86. The van der Waals surface area contributed by atoms with Crippen molar-refractivity contribution in [1.82, 2.24) is 14.9 Å². The highest BCUT2D eigenvalue weighted by Gasteiger charge is 2.18. The lowest BCUT2D eigenvalue weighted by Gasteiger charge is -2.21. The van der Waals surface area contributed by atoms with Crippen LogP contribution in [0.15, 0.2) is 30.2 Å². The van der Waals surface area contributed by atoms with Gasteiger partial charge in [-0.2, -0.15) is 0 Å². The molecule has 0 aliphatic carbocycles. The standard InChI is InChI=1S/C12H18ClN5O/c1-4-15-9(8-10(19-3)16-5-2)18-7-6-17-12(18)11(13)14/h5-7,9,14-15H,2,4,8H2,1,3H3. The first-order valence-corrected chi connectivity index (χ1v) is 6.24. The van der Waals surface area contributed by atoms with Gasteiger partial charge in [0.05, 0.1) is 19.7 Å². The van der Waals surface area contributed by atoms with Crippen molar-refractivity contribution in [2.45, 2.75) is 19.5 Å². The number of hydrogen-bond acceptors (Lipinski definition) is 5. The zero-order valence-electron chi connectivity index (χ0n) is 11.1. The van der Waals surface area contributed by atoms with Crippen LogP contribution in [0.1, 0.15) is 25.3 Å². The van der Waals surface area contributed by atoms with Crippen molar-refractivity contribution in [1.29, 1.82) is 5.41 Å². The molecule has 1 rings (SSSR count). The summed E-state index contributed by atoms with van der Waals surface area (Å²) in [5.74, 6) is 0.948. The van der Waals surface area contributed by atoms with Crippen LogP contribution in [-0.4, -0.2) is 34.3 Å². The van der Waals surface area contributed by atoms with E-state index in [2.05, 4.69) is 21.9 Å². The van der Waals surface area contributed by atoms with E-state index in [9.17, 15) is 0 Å². The number of methoxy groups -OCH3 is 1. The van der Waals surface area contributed by atoms with Crippen LogP contribution < -0.4 is 5.32 Å². The molecule has 7 heteroatoms. The minimum Gasteiger partial charge on any atom is -0.484 e. The van der Waals surface area contributed by atoms with E-state index in [4.69, 9.17) is 21.7 Å². The number of nitrogens with zero attached hydrogens (tertiary/aromatic N) is 3. The van der Waals surface area contributed by atoms with Crippen molar-refractivity contribution in [3.05, 3.63) is 31.0 Å². The summed E-state index contributed by atoms with van der Waals surface area (Å²) in [5.41, 5.74) is 0. The fraction of sp³-hybridized carbons (Fsp3) is 0.417. The van der Waals surface area contributed by atoms with Gasteiger partial charge in [-0.25, -0.2) is 9.98 Å². The maximum Gasteiger partial charge on any atom is 0.190 e. The van der Waals surface area contributed by atoms with Crippen LogP contribution in [-0.2, 0) is 4.74 Å². The number of nitrogens with one attached hydrogen (secondary N) is 2. The van der Waals surface area contributed by atoms with E-state index in [1.165, 1.54) is 6.20 Å². The molecule has 0 aliphatic rings. The van der Waals surface area contributed by atoms with Crippen molar-refractivity contribution in [2.75, 3.05) is 13.7 Å². The van der Waals surface area contributed by atoms with E-state index >= 15 is 0 Å². The molecule has 1 unspecified atom stereocenters. The Kier molecular flexibility index (Phi) is 6.24. The number of hydrogen-bond donors (Lipinski definition) is 2. The lowest BCUT2D eigenvalue weighted by Crippen LogP contribution is -2.30. The van der Waals surface area contributed by atoms with Crippen LogP contribution in [0, 0.1) is 5.41 Å². The summed E-state index contributed by atoms with van der Waals surface area (Å²) < 4.78 is 6.97. The number of aromatic nitrogens is 2. The number of rotatable bonds is 7. The van der Waals surface area contributed by atoms with E-state index in [1.54, 1.807) is 24.1 Å². The average molecular weight is 284 g/mol.